The normalized spacial score (nSPS) is 10.5. The lowest BCUT2D eigenvalue weighted by atomic mass is 10.2. The number of nitrogens with two attached hydrogens (primary N) is 1. The molecule has 0 heterocycles. The Morgan fingerprint density at radius 3 is 2.69 bits per heavy atom. The smallest absolute Gasteiger partial charge is 0.138 e. The zero-order valence-corrected chi connectivity index (χ0v) is 11.9. The monoisotopic (exact) mass is 336 g/mol. The van der Waals surface area contributed by atoms with Gasteiger partial charge in [-0.2, -0.15) is 0 Å². The lowest BCUT2D eigenvalue weighted by Crippen LogP contribution is -2.20. The van der Waals surface area contributed by atoms with Gasteiger partial charge in [0.1, 0.15) is 5.82 Å². The average molecular weight is 336 g/mol. The highest BCUT2D eigenvalue weighted by Gasteiger charge is 2.09. The largest absolute Gasteiger partial charge is 0.397 e. The van der Waals surface area contributed by atoms with E-state index in [0.29, 0.717) is 9.26 Å². The van der Waals surface area contributed by atoms with Crippen LogP contribution in [0.3, 0.4) is 0 Å². The molecule has 0 bridgehead atoms. The van der Waals surface area contributed by atoms with Crippen LogP contribution < -0.4 is 10.6 Å². The molecule has 1 aromatic carbocycles. The van der Waals surface area contributed by atoms with Crippen molar-refractivity contribution >= 4 is 34.0 Å². The molecule has 0 atom stereocenters. The van der Waals surface area contributed by atoms with Crippen molar-refractivity contribution < 1.29 is 4.39 Å². The Morgan fingerprint density at radius 2 is 2.06 bits per heavy atom. The molecule has 0 aliphatic heterocycles. The molecule has 2 N–H and O–H groups in total. The van der Waals surface area contributed by atoms with Gasteiger partial charge in [-0.3, -0.25) is 0 Å². The van der Waals surface area contributed by atoms with Crippen LogP contribution in [0.2, 0.25) is 0 Å². The summed E-state index contributed by atoms with van der Waals surface area (Å²) in [4.78, 5) is 2.02. The Kier molecular flexibility index (Phi) is 5.31. The highest BCUT2D eigenvalue weighted by atomic mass is 127. The lowest BCUT2D eigenvalue weighted by Gasteiger charge is -2.21. The molecule has 0 unspecified atom stereocenters. The molecule has 16 heavy (non-hydrogen) atoms. The van der Waals surface area contributed by atoms with E-state index < -0.39 is 0 Å². The highest BCUT2D eigenvalue weighted by molar-refractivity contribution is 14.1. The predicted molar refractivity (Wildman–Crippen MR) is 76.3 cm³/mol. The van der Waals surface area contributed by atoms with Crippen molar-refractivity contribution in [3.8, 4) is 0 Å². The molecule has 0 saturated heterocycles. The lowest BCUT2D eigenvalue weighted by molar-refractivity contribution is 0.619. The van der Waals surface area contributed by atoms with Crippen molar-refractivity contribution in [1.82, 2.24) is 0 Å². The number of hydrogen-bond acceptors (Lipinski definition) is 2. The van der Waals surface area contributed by atoms with Gasteiger partial charge >= 0.3 is 0 Å². The molecule has 0 aliphatic rings. The highest BCUT2D eigenvalue weighted by Crippen LogP contribution is 2.26. The van der Waals surface area contributed by atoms with E-state index >= 15 is 0 Å². The standard InChI is InChI=1S/C12H18FIN2/c1-3-4-5-6-16(2)12-7-9(13)10(14)8-11(12)15/h7-8H,3-6,15H2,1-2H3. The van der Waals surface area contributed by atoms with Crippen LogP contribution >= 0.6 is 22.6 Å². The van der Waals surface area contributed by atoms with Gasteiger partial charge in [0.05, 0.1) is 14.9 Å². The van der Waals surface area contributed by atoms with Crippen molar-refractivity contribution in [3.05, 3.63) is 21.5 Å². The Balaban J connectivity index is 2.75. The molecule has 0 spiro atoms. The zero-order valence-electron chi connectivity index (χ0n) is 9.76. The van der Waals surface area contributed by atoms with Gasteiger partial charge in [-0.1, -0.05) is 19.8 Å². The summed E-state index contributed by atoms with van der Waals surface area (Å²) in [5.74, 6) is -0.202. The maximum Gasteiger partial charge on any atom is 0.138 e. The fourth-order valence-electron chi connectivity index (χ4n) is 1.60. The predicted octanol–water partition coefficient (Wildman–Crippen LogP) is 3.64. The molecular weight excluding hydrogens is 318 g/mol. The van der Waals surface area contributed by atoms with Crippen LogP contribution in [0.25, 0.3) is 0 Å². The second-order valence-electron chi connectivity index (χ2n) is 3.95. The molecule has 1 rings (SSSR count). The number of rotatable bonds is 5. The number of halogens is 2. The molecular formula is C12H18FIN2. The minimum atomic E-state index is -0.202. The second-order valence-corrected chi connectivity index (χ2v) is 5.12. The van der Waals surface area contributed by atoms with Crippen molar-refractivity contribution in [2.75, 3.05) is 24.2 Å². The maximum atomic E-state index is 13.4. The first-order chi connectivity index (χ1) is 7.56. The second kappa shape index (κ2) is 6.27. The van der Waals surface area contributed by atoms with Gasteiger partial charge in [-0.25, -0.2) is 4.39 Å². The molecule has 2 nitrogen and oxygen atoms in total. The molecule has 0 amide bonds. The van der Waals surface area contributed by atoms with Gasteiger partial charge in [0, 0.05) is 19.7 Å². The molecule has 0 radical (unpaired) electrons. The first-order valence-electron chi connectivity index (χ1n) is 5.52. The molecule has 90 valence electrons. The molecule has 0 aliphatic carbocycles. The number of nitrogen functional groups attached to an aromatic ring is 1. The quantitative estimate of drug-likeness (QED) is 0.505. The SMILES string of the molecule is CCCCCN(C)c1cc(F)c(I)cc1N. The number of hydrogen-bond donors (Lipinski definition) is 1. The number of anilines is 2. The molecule has 1 aromatic rings. The maximum absolute atomic E-state index is 13.4. The van der Waals surface area contributed by atoms with Gasteiger partial charge in [0.15, 0.2) is 0 Å². The van der Waals surface area contributed by atoms with E-state index in [1.807, 2.05) is 34.5 Å². The van der Waals surface area contributed by atoms with Crippen LogP contribution in [0.15, 0.2) is 12.1 Å². The third-order valence-corrected chi connectivity index (χ3v) is 3.40. The summed E-state index contributed by atoms with van der Waals surface area (Å²) in [5, 5.41) is 0. The Morgan fingerprint density at radius 1 is 1.38 bits per heavy atom. The first-order valence-corrected chi connectivity index (χ1v) is 6.59. The van der Waals surface area contributed by atoms with E-state index in [4.69, 9.17) is 5.73 Å². The van der Waals surface area contributed by atoms with Crippen LogP contribution in [-0.2, 0) is 0 Å². The molecule has 4 heteroatoms. The third-order valence-electron chi connectivity index (χ3n) is 2.58. The fourth-order valence-corrected chi connectivity index (χ4v) is 2.09. The molecule has 0 saturated carbocycles. The summed E-state index contributed by atoms with van der Waals surface area (Å²) in [7, 11) is 1.95. The minimum absolute atomic E-state index is 0.202. The summed E-state index contributed by atoms with van der Waals surface area (Å²) < 4.78 is 14.0. The van der Waals surface area contributed by atoms with Gasteiger partial charge in [0.2, 0.25) is 0 Å². The van der Waals surface area contributed by atoms with E-state index in [2.05, 4.69) is 6.92 Å². The van der Waals surface area contributed by atoms with E-state index in [-0.39, 0.29) is 5.82 Å². The number of nitrogens with zero attached hydrogens (tertiary/aromatic N) is 1. The topological polar surface area (TPSA) is 29.3 Å². The summed E-state index contributed by atoms with van der Waals surface area (Å²) in [6.45, 7) is 3.08. The Bertz CT molecular complexity index is 355. The van der Waals surface area contributed by atoms with Gasteiger partial charge in [0.25, 0.3) is 0 Å². The van der Waals surface area contributed by atoms with E-state index in [1.165, 1.54) is 18.9 Å². The fraction of sp³-hybridized carbons (Fsp3) is 0.500. The van der Waals surface area contributed by atoms with Crippen LogP contribution in [0.4, 0.5) is 15.8 Å². The van der Waals surface area contributed by atoms with Gasteiger partial charge < -0.3 is 10.6 Å². The third kappa shape index (κ3) is 3.50. The van der Waals surface area contributed by atoms with Gasteiger partial charge in [-0.05, 0) is 35.1 Å². The minimum Gasteiger partial charge on any atom is -0.397 e. The van der Waals surface area contributed by atoms with Crippen molar-refractivity contribution in [1.29, 1.82) is 0 Å². The van der Waals surface area contributed by atoms with Crippen molar-refractivity contribution in [3.63, 3.8) is 0 Å². The van der Waals surface area contributed by atoms with E-state index in [1.54, 1.807) is 6.07 Å². The summed E-state index contributed by atoms with van der Waals surface area (Å²) in [6, 6.07) is 3.20. The van der Waals surface area contributed by atoms with Crippen LogP contribution in [-0.4, -0.2) is 13.6 Å². The Labute approximate surface area is 110 Å². The molecule has 0 fully saturated rings. The van der Waals surface area contributed by atoms with E-state index in [9.17, 15) is 4.39 Å². The number of benzene rings is 1. The summed E-state index contributed by atoms with van der Waals surface area (Å²) >= 11 is 1.95. The van der Waals surface area contributed by atoms with Crippen LogP contribution in [0, 0.1) is 9.39 Å². The van der Waals surface area contributed by atoms with Crippen molar-refractivity contribution in [2.24, 2.45) is 0 Å². The Hall–Kier alpha value is -0.520. The number of unbranched alkanes of at least 4 members (excludes halogenated alkanes) is 2. The van der Waals surface area contributed by atoms with Crippen molar-refractivity contribution in [2.45, 2.75) is 26.2 Å². The average Bonchev–Trinajstić information content (AvgIpc) is 2.23. The first kappa shape index (κ1) is 13.5. The summed E-state index contributed by atoms with van der Waals surface area (Å²) in [6.07, 6.45) is 3.49. The zero-order chi connectivity index (χ0) is 12.1. The van der Waals surface area contributed by atoms with Crippen LogP contribution in [0.1, 0.15) is 26.2 Å². The molecule has 0 aromatic heterocycles. The van der Waals surface area contributed by atoms with Gasteiger partial charge in [-0.15, -0.1) is 0 Å². The van der Waals surface area contributed by atoms with Crippen LogP contribution in [0.5, 0.6) is 0 Å². The summed E-state index contributed by atoms with van der Waals surface area (Å²) in [5.41, 5.74) is 7.31. The van der Waals surface area contributed by atoms with E-state index in [0.717, 1.165) is 18.7 Å².